The molecule has 2 rings (SSSR count). The third-order valence-electron chi connectivity index (χ3n) is 4.48. The van der Waals surface area contributed by atoms with E-state index in [-0.39, 0.29) is 11.6 Å². The highest BCUT2D eigenvalue weighted by molar-refractivity contribution is 5.29. The SMILES string of the molecule is CCNC(c1ccc(C2CCC2)cc1)C(C)(C)OC. The van der Waals surface area contributed by atoms with Crippen LogP contribution in [0.1, 0.15) is 63.1 Å². The number of nitrogens with one attached hydrogen (secondary N) is 1. The second kappa shape index (κ2) is 6.06. The number of methoxy groups -OCH3 is 1. The molecule has 0 spiro atoms. The lowest BCUT2D eigenvalue weighted by Crippen LogP contribution is -2.40. The van der Waals surface area contributed by atoms with Crippen LogP contribution >= 0.6 is 0 Å². The van der Waals surface area contributed by atoms with Gasteiger partial charge in [0.25, 0.3) is 0 Å². The van der Waals surface area contributed by atoms with Crippen LogP contribution in [0.25, 0.3) is 0 Å². The molecule has 0 heterocycles. The molecule has 0 aliphatic heterocycles. The van der Waals surface area contributed by atoms with Gasteiger partial charge in [0, 0.05) is 7.11 Å². The number of hydrogen-bond donors (Lipinski definition) is 1. The van der Waals surface area contributed by atoms with Gasteiger partial charge in [-0.05, 0) is 50.3 Å². The van der Waals surface area contributed by atoms with Crippen LogP contribution in [0.2, 0.25) is 0 Å². The summed E-state index contributed by atoms with van der Waals surface area (Å²) >= 11 is 0. The molecule has 106 valence electrons. The molecule has 1 N–H and O–H groups in total. The summed E-state index contributed by atoms with van der Waals surface area (Å²) in [5, 5.41) is 3.54. The molecule has 0 aromatic heterocycles. The molecule has 19 heavy (non-hydrogen) atoms. The Bertz CT molecular complexity index is 392. The molecule has 1 saturated carbocycles. The number of benzene rings is 1. The van der Waals surface area contributed by atoms with Crippen molar-refractivity contribution in [3.63, 3.8) is 0 Å². The first kappa shape index (κ1) is 14.5. The van der Waals surface area contributed by atoms with Crippen molar-refractivity contribution in [3.05, 3.63) is 35.4 Å². The molecule has 2 heteroatoms. The Hall–Kier alpha value is -0.860. The van der Waals surface area contributed by atoms with E-state index in [9.17, 15) is 0 Å². The molecule has 0 amide bonds. The minimum Gasteiger partial charge on any atom is -0.377 e. The number of rotatable bonds is 6. The zero-order valence-corrected chi connectivity index (χ0v) is 12.7. The lowest BCUT2D eigenvalue weighted by molar-refractivity contribution is -0.0107. The van der Waals surface area contributed by atoms with Gasteiger partial charge in [-0.3, -0.25) is 0 Å². The Morgan fingerprint density at radius 3 is 2.32 bits per heavy atom. The van der Waals surface area contributed by atoms with Crippen LogP contribution < -0.4 is 5.32 Å². The van der Waals surface area contributed by atoms with Crippen molar-refractivity contribution in [1.82, 2.24) is 5.32 Å². The second-order valence-electron chi connectivity index (χ2n) is 6.09. The fourth-order valence-electron chi connectivity index (χ4n) is 2.79. The van der Waals surface area contributed by atoms with Crippen LogP contribution in [0.15, 0.2) is 24.3 Å². The summed E-state index contributed by atoms with van der Waals surface area (Å²) in [6.45, 7) is 7.36. The summed E-state index contributed by atoms with van der Waals surface area (Å²) in [6.07, 6.45) is 4.11. The minimum absolute atomic E-state index is 0.200. The summed E-state index contributed by atoms with van der Waals surface area (Å²) in [5.41, 5.74) is 2.62. The molecule has 0 saturated heterocycles. The summed E-state index contributed by atoms with van der Waals surface area (Å²) in [5.74, 6) is 0.807. The number of likely N-dealkylation sites (N-methyl/N-ethyl adjacent to an activating group) is 1. The highest BCUT2D eigenvalue weighted by Gasteiger charge is 2.30. The molecule has 2 nitrogen and oxygen atoms in total. The predicted octanol–water partition coefficient (Wildman–Crippen LogP) is 4.03. The summed E-state index contributed by atoms with van der Waals surface area (Å²) in [7, 11) is 1.78. The average Bonchev–Trinajstić information content (AvgIpc) is 2.35. The molecule has 1 aromatic rings. The summed E-state index contributed by atoms with van der Waals surface area (Å²) in [4.78, 5) is 0. The fourth-order valence-corrected chi connectivity index (χ4v) is 2.79. The maximum atomic E-state index is 5.65. The van der Waals surface area contributed by atoms with Gasteiger partial charge in [0.15, 0.2) is 0 Å². The first-order chi connectivity index (χ1) is 9.08. The van der Waals surface area contributed by atoms with Crippen molar-refractivity contribution >= 4 is 0 Å². The predicted molar refractivity (Wildman–Crippen MR) is 80.5 cm³/mol. The van der Waals surface area contributed by atoms with Crippen LogP contribution in [0.5, 0.6) is 0 Å². The zero-order valence-electron chi connectivity index (χ0n) is 12.7. The Balaban J connectivity index is 2.17. The summed E-state index contributed by atoms with van der Waals surface area (Å²) in [6, 6.07) is 9.37. The van der Waals surface area contributed by atoms with Gasteiger partial charge >= 0.3 is 0 Å². The second-order valence-corrected chi connectivity index (χ2v) is 6.09. The van der Waals surface area contributed by atoms with Crippen LogP contribution in [0.4, 0.5) is 0 Å². The van der Waals surface area contributed by atoms with Gasteiger partial charge in [-0.1, -0.05) is 37.6 Å². The molecule has 1 atom stereocenters. The van der Waals surface area contributed by atoms with Gasteiger partial charge in [-0.15, -0.1) is 0 Å². The summed E-state index contributed by atoms with van der Waals surface area (Å²) < 4.78 is 5.65. The Morgan fingerprint density at radius 1 is 1.26 bits per heavy atom. The monoisotopic (exact) mass is 261 g/mol. The van der Waals surface area contributed by atoms with Crippen molar-refractivity contribution in [2.75, 3.05) is 13.7 Å². The molecule has 0 bridgehead atoms. The third kappa shape index (κ3) is 3.18. The van der Waals surface area contributed by atoms with Gasteiger partial charge in [0.1, 0.15) is 0 Å². The number of hydrogen-bond acceptors (Lipinski definition) is 2. The third-order valence-corrected chi connectivity index (χ3v) is 4.48. The average molecular weight is 261 g/mol. The van der Waals surface area contributed by atoms with Crippen molar-refractivity contribution in [2.45, 2.75) is 57.6 Å². The van der Waals surface area contributed by atoms with Gasteiger partial charge in [0.2, 0.25) is 0 Å². The highest BCUT2D eigenvalue weighted by atomic mass is 16.5. The Kier molecular flexibility index (Phi) is 4.64. The molecule has 1 aliphatic carbocycles. The van der Waals surface area contributed by atoms with Crippen LogP contribution in [-0.2, 0) is 4.74 Å². The van der Waals surface area contributed by atoms with E-state index in [0.29, 0.717) is 0 Å². The first-order valence-corrected chi connectivity index (χ1v) is 7.47. The van der Waals surface area contributed by atoms with Crippen LogP contribution in [-0.4, -0.2) is 19.3 Å². The quantitative estimate of drug-likeness (QED) is 0.834. The Labute approximate surface area is 117 Å². The van der Waals surface area contributed by atoms with E-state index in [2.05, 4.69) is 50.4 Å². The maximum Gasteiger partial charge on any atom is 0.0816 e. The highest BCUT2D eigenvalue weighted by Crippen LogP contribution is 2.37. The largest absolute Gasteiger partial charge is 0.377 e. The Morgan fingerprint density at radius 2 is 1.89 bits per heavy atom. The smallest absolute Gasteiger partial charge is 0.0816 e. The van der Waals surface area contributed by atoms with Gasteiger partial charge in [-0.25, -0.2) is 0 Å². The maximum absolute atomic E-state index is 5.65. The van der Waals surface area contributed by atoms with Gasteiger partial charge in [-0.2, -0.15) is 0 Å². The van der Waals surface area contributed by atoms with E-state index >= 15 is 0 Å². The van der Waals surface area contributed by atoms with E-state index in [1.807, 2.05) is 0 Å². The zero-order chi connectivity index (χ0) is 13.9. The van der Waals surface area contributed by atoms with Gasteiger partial charge in [0.05, 0.1) is 11.6 Å². The molecule has 1 fully saturated rings. The fraction of sp³-hybridized carbons (Fsp3) is 0.647. The molecule has 1 aliphatic rings. The van der Waals surface area contributed by atoms with Crippen molar-refractivity contribution in [1.29, 1.82) is 0 Å². The van der Waals surface area contributed by atoms with Crippen molar-refractivity contribution in [3.8, 4) is 0 Å². The van der Waals surface area contributed by atoms with Gasteiger partial charge < -0.3 is 10.1 Å². The molecular formula is C17H27NO. The molecule has 0 radical (unpaired) electrons. The van der Waals surface area contributed by atoms with E-state index in [0.717, 1.165) is 12.5 Å². The lowest BCUT2D eigenvalue weighted by atomic mass is 9.79. The van der Waals surface area contributed by atoms with E-state index < -0.39 is 0 Å². The molecular weight excluding hydrogens is 234 g/mol. The van der Waals surface area contributed by atoms with E-state index in [4.69, 9.17) is 4.74 Å². The van der Waals surface area contributed by atoms with Crippen LogP contribution in [0, 0.1) is 0 Å². The normalized spacial score (nSPS) is 18.1. The topological polar surface area (TPSA) is 21.3 Å². The molecule has 1 aromatic carbocycles. The van der Waals surface area contributed by atoms with Crippen molar-refractivity contribution < 1.29 is 4.74 Å². The number of ether oxygens (including phenoxy) is 1. The van der Waals surface area contributed by atoms with E-state index in [1.165, 1.54) is 30.4 Å². The first-order valence-electron chi connectivity index (χ1n) is 7.47. The van der Waals surface area contributed by atoms with Crippen molar-refractivity contribution in [2.24, 2.45) is 0 Å². The minimum atomic E-state index is -0.200. The molecule has 1 unspecified atom stereocenters. The standard InChI is InChI=1S/C17H27NO/c1-5-18-16(17(2,3)19-4)15-11-9-14(10-12-15)13-7-6-8-13/h9-13,16,18H,5-8H2,1-4H3. The van der Waals surface area contributed by atoms with E-state index in [1.54, 1.807) is 7.11 Å². The van der Waals surface area contributed by atoms with Crippen LogP contribution in [0.3, 0.4) is 0 Å². The lowest BCUT2D eigenvalue weighted by Gasteiger charge is -2.34.